The van der Waals surface area contributed by atoms with E-state index in [9.17, 15) is 5.11 Å². The van der Waals surface area contributed by atoms with Gasteiger partial charge in [0.05, 0.1) is 13.2 Å². The summed E-state index contributed by atoms with van der Waals surface area (Å²) in [6.45, 7) is 3.66. The van der Waals surface area contributed by atoms with E-state index in [0.717, 1.165) is 24.3 Å². The maximum atomic E-state index is 9.82. The Labute approximate surface area is 89.6 Å². The fourth-order valence-electron chi connectivity index (χ4n) is 1.74. The molecule has 15 heavy (non-hydrogen) atoms. The summed E-state index contributed by atoms with van der Waals surface area (Å²) in [5.41, 5.74) is 2.09. The Balaban J connectivity index is 2.08. The van der Waals surface area contributed by atoms with Crippen molar-refractivity contribution in [1.29, 1.82) is 0 Å². The Kier molecular flexibility index (Phi) is 3.23. The third kappa shape index (κ3) is 2.30. The molecular weight excluding hydrogens is 192 g/mol. The molecule has 1 N–H and O–H groups in total. The van der Waals surface area contributed by atoms with Crippen molar-refractivity contribution in [3.8, 4) is 5.75 Å². The second kappa shape index (κ2) is 4.64. The van der Waals surface area contributed by atoms with Gasteiger partial charge in [-0.15, -0.1) is 0 Å². The van der Waals surface area contributed by atoms with Crippen molar-refractivity contribution < 1.29 is 14.6 Å². The highest BCUT2D eigenvalue weighted by Crippen LogP contribution is 2.28. The van der Waals surface area contributed by atoms with Gasteiger partial charge in [0.15, 0.2) is 0 Å². The van der Waals surface area contributed by atoms with Crippen LogP contribution in [0.3, 0.4) is 0 Å². The topological polar surface area (TPSA) is 38.7 Å². The third-order valence-corrected chi connectivity index (χ3v) is 2.58. The molecule has 1 aromatic rings. The van der Waals surface area contributed by atoms with E-state index in [-0.39, 0.29) is 0 Å². The summed E-state index contributed by atoms with van der Waals surface area (Å²) in [5, 5.41) is 9.82. The SMILES string of the molecule is CCOCC(O)c1ccc2c(c1)CCO2. The first-order valence-electron chi connectivity index (χ1n) is 5.32. The molecule has 1 aromatic carbocycles. The molecule has 1 heterocycles. The lowest BCUT2D eigenvalue weighted by Crippen LogP contribution is -2.07. The van der Waals surface area contributed by atoms with Crippen LogP contribution in [-0.2, 0) is 11.2 Å². The van der Waals surface area contributed by atoms with Crippen molar-refractivity contribution >= 4 is 0 Å². The highest BCUT2D eigenvalue weighted by Gasteiger charge is 2.15. The van der Waals surface area contributed by atoms with E-state index in [0.29, 0.717) is 13.2 Å². The molecule has 0 fully saturated rings. The van der Waals surface area contributed by atoms with Crippen LogP contribution < -0.4 is 4.74 Å². The monoisotopic (exact) mass is 208 g/mol. The fourth-order valence-corrected chi connectivity index (χ4v) is 1.74. The van der Waals surface area contributed by atoms with Crippen LogP contribution in [0.4, 0.5) is 0 Å². The average molecular weight is 208 g/mol. The summed E-state index contributed by atoms with van der Waals surface area (Å²) < 4.78 is 10.6. The maximum Gasteiger partial charge on any atom is 0.122 e. The zero-order chi connectivity index (χ0) is 10.7. The maximum absolute atomic E-state index is 9.82. The number of fused-ring (bicyclic) bond motifs is 1. The van der Waals surface area contributed by atoms with Crippen molar-refractivity contribution in [2.75, 3.05) is 19.8 Å². The van der Waals surface area contributed by atoms with Crippen molar-refractivity contribution in [3.63, 3.8) is 0 Å². The van der Waals surface area contributed by atoms with Gasteiger partial charge in [-0.25, -0.2) is 0 Å². The molecule has 0 spiro atoms. The van der Waals surface area contributed by atoms with E-state index < -0.39 is 6.10 Å². The first-order chi connectivity index (χ1) is 7.31. The quantitative estimate of drug-likeness (QED) is 0.818. The first-order valence-corrected chi connectivity index (χ1v) is 5.32. The van der Waals surface area contributed by atoms with Crippen LogP contribution in [0.2, 0.25) is 0 Å². The van der Waals surface area contributed by atoms with Gasteiger partial charge in [-0.3, -0.25) is 0 Å². The van der Waals surface area contributed by atoms with Crippen LogP contribution in [0.5, 0.6) is 5.75 Å². The molecule has 0 amide bonds. The van der Waals surface area contributed by atoms with Crippen LogP contribution in [0.1, 0.15) is 24.2 Å². The molecule has 0 aliphatic carbocycles. The molecule has 3 heteroatoms. The van der Waals surface area contributed by atoms with Gasteiger partial charge in [0.1, 0.15) is 11.9 Å². The van der Waals surface area contributed by atoms with E-state index in [1.54, 1.807) is 0 Å². The summed E-state index contributed by atoms with van der Waals surface area (Å²) in [4.78, 5) is 0. The largest absolute Gasteiger partial charge is 0.493 e. The lowest BCUT2D eigenvalue weighted by molar-refractivity contribution is 0.0420. The average Bonchev–Trinajstić information content (AvgIpc) is 2.72. The zero-order valence-electron chi connectivity index (χ0n) is 8.90. The number of rotatable bonds is 4. The molecule has 1 unspecified atom stereocenters. The Morgan fingerprint density at radius 3 is 3.20 bits per heavy atom. The lowest BCUT2D eigenvalue weighted by atomic mass is 10.0. The zero-order valence-corrected chi connectivity index (χ0v) is 8.90. The minimum absolute atomic E-state index is 0.357. The summed E-state index contributed by atoms with van der Waals surface area (Å²) in [7, 11) is 0. The molecule has 1 aliphatic rings. The van der Waals surface area contributed by atoms with Crippen LogP contribution in [0.25, 0.3) is 0 Å². The van der Waals surface area contributed by atoms with E-state index in [1.165, 1.54) is 5.56 Å². The number of ether oxygens (including phenoxy) is 2. The van der Waals surface area contributed by atoms with Crippen LogP contribution in [-0.4, -0.2) is 24.9 Å². The van der Waals surface area contributed by atoms with Gasteiger partial charge < -0.3 is 14.6 Å². The number of aliphatic hydroxyl groups excluding tert-OH is 1. The summed E-state index contributed by atoms with van der Waals surface area (Å²) in [6, 6.07) is 5.83. The van der Waals surface area contributed by atoms with E-state index >= 15 is 0 Å². The normalized spacial score (nSPS) is 15.9. The highest BCUT2D eigenvalue weighted by molar-refractivity contribution is 5.40. The van der Waals surface area contributed by atoms with Gasteiger partial charge in [-0.05, 0) is 30.2 Å². The Hall–Kier alpha value is -1.06. The van der Waals surface area contributed by atoms with Gasteiger partial charge in [-0.2, -0.15) is 0 Å². The molecule has 0 saturated heterocycles. The fraction of sp³-hybridized carbons (Fsp3) is 0.500. The lowest BCUT2D eigenvalue weighted by Gasteiger charge is -2.11. The Morgan fingerprint density at radius 2 is 2.40 bits per heavy atom. The third-order valence-electron chi connectivity index (χ3n) is 2.58. The molecular formula is C12H16O3. The van der Waals surface area contributed by atoms with Crippen molar-refractivity contribution in [2.45, 2.75) is 19.4 Å². The van der Waals surface area contributed by atoms with Crippen LogP contribution in [0.15, 0.2) is 18.2 Å². The molecule has 0 saturated carbocycles. The summed E-state index contributed by atoms with van der Waals surface area (Å²) in [5.74, 6) is 0.947. The molecule has 2 rings (SSSR count). The smallest absolute Gasteiger partial charge is 0.122 e. The van der Waals surface area contributed by atoms with Gasteiger partial charge >= 0.3 is 0 Å². The molecule has 3 nitrogen and oxygen atoms in total. The predicted molar refractivity (Wildman–Crippen MR) is 57.1 cm³/mol. The molecule has 82 valence electrons. The Bertz CT molecular complexity index is 336. The number of benzene rings is 1. The van der Waals surface area contributed by atoms with Gasteiger partial charge in [0.2, 0.25) is 0 Å². The first kappa shape index (κ1) is 10.5. The standard InChI is InChI=1S/C12H16O3/c1-2-14-8-11(13)9-3-4-12-10(7-9)5-6-15-12/h3-4,7,11,13H,2,5-6,8H2,1H3. The second-order valence-corrected chi connectivity index (χ2v) is 3.64. The minimum atomic E-state index is -0.532. The molecule has 0 radical (unpaired) electrons. The van der Waals surface area contributed by atoms with Crippen molar-refractivity contribution in [3.05, 3.63) is 29.3 Å². The second-order valence-electron chi connectivity index (χ2n) is 3.64. The Morgan fingerprint density at radius 1 is 1.53 bits per heavy atom. The van der Waals surface area contributed by atoms with E-state index in [2.05, 4.69) is 0 Å². The molecule has 0 bridgehead atoms. The summed E-state index contributed by atoms with van der Waals surface area (Å²) in [6.07, 6.45) is 0.403. The minimum Gasteiger partial charge on any atom is -0.493 e. The molecule has 1 aliphatic heterocycles. The van der Waals surface area contributed by atoms with Crippen LogP contribution >= 0.6 is 0 Å². The van der Waals surface area contributed by atoms with E-state index in [1.807, 2.05) is 25.1 Å². The van der Waals surface area contributed by atoms with Crippen molar-refractivity contribution in [2.24, 2.45) is 0 Å². The van der Waals surface area contributed by atoms with Gasteiger partial charge in [0, 0.05) is 13.0 Å². The number of aliphatic hydroxyl groups is 1. The number of hydrogen-bond donors (Lipinski definition) is 1. The van der Waals surface area contributed by atoms with Crippen LogP contribution in [0, 0.1) is 0 Å². The molecule has 1 atom stereocenters. The van der Waals surface area contributed by atoms with Gasteiger partial charge in [-0.1, -0.05) is 6.07 Å². The van der Waals surface area contributed by atoms with Crippen molar-refractivity contribution in [1.82, 2.24) is 0 Å². The summed E-state index contributed by atoms with van der Waals surface area (Å²) >= 11 is 0. The number of hydrogen-bond acceptors (Lipinski definition) is 3. The van der Waals surface area contributed by atoms with Gasteiger partial charge in [0.25, 0.3) is 0 Å². The van der Waals surface area contributed by atoms with E-state index in [4.69, 9.17) is 9.47 Å². The highest BCUT2D eigenvalue weighted by atomic mass is 16.5. The molecule has 0 aromatic heterocycles. The predicted octanol–water partition coefficient (Wildman–Crippen LogP) is 1.69.